The summed E-state index contributed by atoms with van der Waals surface area (Å²) in [4.78, 5) is 33.9. The predicted octanol–water partition coefficient (Wildman–Crippen LogP) is 1.31. The van der Waals surface area contributed by atoms with E-state index in [-0.39, 0.29) is 19.3 Å². The van der Waals surface area contributed by atoms with Crippen molar-refractivity contribution < 1.29 is 47.7 Å². The van der Waals surface area contributed by atoms with E-state index in [1.165, 1.54) is 7.11 Å². The van der Waals surface area contributed by atoms with Crippen LogP contribution in [0.5, 0.6) is 0 Å². The summed E-state index contributed by atoms with van der Waals surface area (Å²) in [5.41, 5.74) is 0. The number of rotatable bonds is 7. The van der Waals surface area contributed by atoms with Crippen LogP contribution in [0.25, 0.3) is 0 Å². The standard InChI is InChI=1S/3C3H6O2.CH3O.Zr/c3*1-2-3(4)5;1-2;/h3*2H2,1H3,(H,4,5);1H3;/q;;;-1;+4/p-3. The zero-order valence-corrected chi connectivity index (χ0v) is 13.4. The fourth-order valence-corrected chi connectivity index (χ4v) is 4.86. The maximum atomic E-state index is 11.3. The van der Waals surface area contributed by atoms with Gasteiger partial charge in [-0.2, -0.15) is 0 Å². The summed E-state index contributed by atoms with van der Waals surface area (Å²) in [6.07, 6.45) is 0.195. The molecule has 0 spiro atoms. The van der Waals surface area contributed by atoms with Crippen molar-refractivity contribution in [1.82, 2.24) is 0 Å². The quantitative estimate of drug-likeness (QED) is 0.689. The molecule has 0 radical (unpaired) electrons. The average Bonchev–Trinajstić information content (AvgIpc) is 2.37. The van der Waals surface area contributed by atoms with Crippen LogP contribution in [-0.4, -0.2) is 25.0 Å². The van der Waals surface area contributed by atoms with Crippen LogP contribution >= 0.6 is 0 Å². The van der Waals surface area contributed by atoms with E-state index in [1.54, 1.807) is 20.8 Å². The van der Waals surface area contributed by atoms with Crippen molar-refractivity contribution in [2.45, 2.75) is 40.0 Å². The van der Waals surface area contributed by atoms with Crippen LogP contribution in [0.15, 0.2) is 0 Å². The van der Waals surface area contributed by atoms with Gasteiger partial charge < -0.3 is 0 Å². The molecule has 7 nitrogen and oxygen atoms in total. The number of hydrogen-bond donors (Lipinski definition) is 0. The van der Waals surface area contributed by atoms with Crippen LogP contribution < -0.4 is 0 Å². The molecule has 8 heteroatoms. The molecule has 18 heavy (non-hydrogen) atoms. The van der Waals surface area contributed by atoms with Gasteiger partial charge in [0.1, 0.15) is 0 Å². The third-order valence-electron chi connectivity index (χ3n) is 1.83. The van der Waals surface area contributed by atoms with E-state index in [9.17, 15) is 14.4 Å². The van der Waals surface area contributed by atoms with Gasteiger partial charge in [0.15, 0.2) is 0 Å². The van der Waals surface area contributed by atoms with Crippen LogP contribution in [-0.2, 0) is 47.7 Å². The minimum absolute atomic E-state index is 0.0649. The van der Waals surface area contributed by atoms with Crippen molar-refractivity contribution in [3.05, 3.63) is 0 Å². The monoisotopic (exact) mass is 340 g/mol. The first kappa shape index (κ1) is 17.3. The van der Waals surface area contributed by atoms with E-state index in [0.717, 1.165) is 0 Å². The summed E-state index contributed by atoms with van der Waals surface area (Å²) in [5.74, 6) is -1.92. The van der Waals surface area contributed by atoms with Gasteiger partial charge in [-0.05, 0) is 0 Å². The molecular weight excluding hydrogens is 323 g/mol. The maximum absolute atomic E-state index is 11.3. The fourth-order valence-electron chi connectivity index (χ4n) is 0.822. The average molecular weight is 341 g/mol. The second kappa shape index (κ2) is 8.37. The van der Waals surface area contributed by atoms with Gasteiger partial charge >= 0.3 is 113 Å². The summed E-state index contributed by atoms with van der Waals surface area (Å²) in [7, 11) is 1.19. The second-order valence-corrected chi connectivity index (χ2v) is 8.15. The van der Waals surface area contributed by atoms with Crippen molar-refractivity contribution in [2.75, 3.05) is 7.11 Å². The molecule has 0 amide bonds. The molecule has 0 aliphatic rings. The molecule has 0 saturated heterocycles. The van der Waals surface area contributed by atoms with Crippen molar-refractivity contribution in [3.8, 4) is 0 Å². The van der Waals surface area contributed by atoms with Crippen LogP contribution in [0.4, 0.5) is 0 Å². The SMILES string of the molecule is CCC(=O)[O][Zr]([O]C)([O]C(=O)CC)[O]C(=O)CC. The topological polar surface area (TPSA) is 88.1 Å². The van der Waals surface area contributed by atoms with Gasteiger partial charge in [0.25, 0.3) is 0 Å². The Morgan fingerprint density at radius 1 is 0.778 bits per heavy atom. The van der Waals surface area contributed by atoms with E-state index in [2.05, 4.69) is 0 Å². The van der Waals surface area contributed by atoms with Gasteiger partial charge in [-0.25, -0.2) is 0 Å². The number of carbonyl (C=O) groups excluding carboxylic acids is 3. The fraction of sp³-hybridized carbons (Fsp3) is 0.700. The molecule has 0 aliphatic heterocycles. The Kier molecular flexibility index (Phi) is 8.02. The first-order valence-corrected chi connectivity index (χ1v) is 9.65. The Morgan fingerprint density at radius 3 is 1.22 bits per heavy atom. The summed E-state index contributed by atoms with van der Waals surface area (Å²) < 4.78 is 19.8. The number of carbonyl (C=O) groups is 3. The van der Waals surface area contributed by atoms with Gasteiger partial charge in [0, 0.05) is 0 Å². The van der Waals surface area contributed by atoms with Gasteiger partial charge in [-0.3, -0.25) is 0 Å². The summed E-state index contributed by atoms with van der Waals surface area (Å²) in [5, 5.41) is 0. The molecule has 0 bridgehead atoms. The molecule has 0 aromatic heterocycles. The Bertz CT molecular complexity index is 270. The summed E-state index contributed by atoms with van der Waals surface area (Å²) >= 11 is -4.91. The first-order chi connectivity index (χ1) is 8.42. The Hall–Kier alpha value is -0.747. The zero-order valence-electron chi connectivity index (χ0n) is 11.0. The van der Waals surface area contributed by atoms with E-state index in [0.29, 0.717) is 0 Å². The van der Waals surface area contributed by atoms with Crippen molar-refractivity contribution in [1.29, 1.82) is 0 Å². The van der Waals surface area contributed by atoms with E-state index >= 15 is 0 Å². The summed E-state index contributed by atoms with van der Waals surface area (Å²) in [6, 6.07) is 0. The molecule has 0 atom stereocenters. The third-order valence-corrected chi connectivity index (χ3v) is 6.58. The van der Waals surface area contributed by atoms with Crippen molar-refractivity contribution in [2.24, 2.45) is 0 Å². The van der Waals surface area contributed by atoms with Crippen LogP contribution in [0.1, 0.15) is 40.0 Å². The molecule has 0 unspecified atom stereocenters. The van der Waals surface area contributed by atoms with Gasteiger partial charge in [-0.1, -0.05) is 0 Å². The molecule has 0 heterocycles. The van der Waals surface area contributed by atoms with E-state index < -0.39 is 39.9 Å². The molecule has 0 aliphatic carbocycles. The van der Waals surface area contributed by atoms with E-state index in [1.807, 2.05) is 0 Å². The first-order valence-electron chi connectivity index (χ1n) is 5.63. The van der Waals surface area contributed by atoms with Gasteiger partial charge in [0.05, 0.1) is 0 Å². The number of hydrogen-bond acceptors (Lipinski definition) is 7. The molecule has 0 aromatic rings. The molecule has 0 aromatic carbocycles. The van der Waals surface area contributed by atoms with Gasteiger partial charge in [-0.15, -0.1) is 0 Å². The third kappa shape index (κ3) is 5.73. The van der Waals surface area contributed by atoms with Crippen LogP contribution in [0.2, 0.25) is 0 Å². The molecule has 0 N–H and O–H groups in total. The van der Waals surface area contributed by atoms with Crippen molar-refractivity contribution in [3.63, 3.8) is 0 Å². The zero-order chi connectivity index (χ0) is 14.2. The molecule has 0 rings (SSSR count). The Morgan fingerprint density at radius 2 is 1.06 bits per heavy atom. The molecular formula is C10H18O7Zr. The Balaban J connectivity index is 4.98. The van der Waals surface area contributed by atoms with Crippen molar-refractivity contribution >= 4 is 17.9 Å². The van der Waals surface area contributed by atoms with Crippen LogP contribution in [0, 0.1) is 0 Å². The normalized spacial score (nSPS) is 10.7. The van der Waals surface area contributed by atoms with Gasteiger partial charge in [0.2, 0.25) is 0 Å². The van der Waals surface area contributed by atoms with Crippen LogP contribution in [0.3, 0.4) is 0 Å². The molecule has 0 saturated carbocycles. The summed E-state index contributed by atoms with van der Waals surface area (Å²) in [6.45, 7) is 4.70. The molecule has 0 fully saturated rings. The molecule has 104 valence electrons. The second-order valence-electron chi connectivity index (χ2n) is 3.19. The van der Waals surface area contributed by atoms with E-state index in [4.69, 9.17) is 11.3 Å². The minimum atomic E-state index is -4.91. The Labute approximate surface area is 113 Å². The predicted molar refractivity (Wildman–Crippen MR) is 56.2 cm³/mol.